The number of benzene rings is 1. The van der Waals surface area contributed by atoms with E-state index < -0.39 is 9.84 Å². The normalized spacial score (nSPS) is 18.4. The molecule has 2 aromatic rings. The Morgan fingerprint density at radius 2 is 2.11 bits per heavy atom. The summed E-state index contributed by atoms with van der Waals surface area (Å²) in [6.45, 7) is 4.32. The SMILES string of the molecule is CSCc1cccc(C(=O)N(C)Cc2c(C)nn([C@H]3CCS(=O)(=O)C3)c2C)c1. The van der Waals surface area contributed by atoms with Gasteiger partial charge in [-0.3, -0.25) is 9.48 Å². The molecule has 0 spiro atoms. The minimum absolute atomic E-state index is 0.0297. The first-order chi connectivity index (χ1) is 13.2. The number of hydrogen-bond donors (Lipinski definition) is 0. The van der Waals surface area contributed by atoms with Crippen LogP contribution in [0.2, 0.25) is 0 Å². The second-order valence-corrected chi connectivity index (χ2v) is 10.5. The van der Waals surface area contributed by atoms with Crippen LogP contribution in [0.1, 0.15) is 45.3 Å². The molecule has 1 fully saturated rings. The van der Waals surface area contributed by atoms with Crippen LogP contribution in [0.25, 0.3) is 0 Å². The fourth-order valence-corrected chi connectivity index (χ4v) is 5.94. The van der Waals surface area contributed by atoms with Gasteiger partial charge in [-0.25, -0.2) is 8.42 Å². The molecule has 0 N–H and O–H groups in total. The van der Waals surface area contributed by atoms with Crippen molar-refractivity contribution in [2.24, 2.45) is 0 Å². The Labute approximate surface area is 171 Å². The van der Waals surface area contributed by atoms with Crippen LogP contribution in [0.4, 0.5) is 0 Å². The highest BCUT2D eigenvalue weighted by molar-refractivity contribution is 7.97. The summed E-state index contributed by atoms with van der Waals surface area (Å²) in [6, 6.07) is 7.63. The van der Waals surface area contributed by atoms with Gasteiger partial charge in [-0.2, -0.15) is 16.9 Å². The Morgan fingerprint density at radius 1 is 1.36 bits per heavy atom. The summed E-state index contributed by atoms with van der Waals surface area (Å²) in [5.41, 5.74) is 4.58. The maximum Gasteiger partial charge on any atom is 0.253 e. The lowest BCUT2D eigenvalue weighted by Crippen LogP contribution is -2.27. The van der Waals surface area contributed by atoms with E-state index in [4.69, 9.17) is 0 Å². The van der Waals surface area contributed by atoms with E-state index in [1.165, 1.54) is 0 Å². The predicted octanol–water partition coefficient (Wildman–Crippen LogP) is 2.99. The standard InChI is InChI=1S/C20H27N3O3S2/c1-14-19(15(2)23(21-14)18-8-9-28(25,26)13-18)11-22(3)20(24)17-7-5-6-16(10-17)12-27-4/h5-7,10,18H,8-9,11-13H2,1-4H3/t18-/m0/s1. The summed E-state index contributed by atoms with van der Waals surface area (Å²) in [5, 5.41) is 4.59. The maximum absolute atomic E-state index is 12.9. The number of carbonyl (C=O) groups excluding carboxylic acids is 1. The molecule has 1 aromatic heterocycles. The molecule has 8 heteroatoms. The van der Waals surface area contributed by atoms with Crippen molar-refractivity contribution in [1.29, 1.82) is 0 Å². The van der Waals surface area contributed by atoms with Gasteiger partial charge in [0.05, 0.1) is 23.2 Å². The van der Waals surface area contributed by atoms with Crippen LogP contribution in [0, 0.1) is 13.8 Å². The lowest BCUT2D eigenvalue weighted by atomic mass is 10.1. The molecule has 0 bridgehead atoms. The topological polar surface area (TPSA) is 72.3 Å². The van der Waals surface area contributed by atoms with E-state index in [1.54, 1.807) is 23.7 Å². The van der Waals surface area contributed by atoms with Crippen molar-refractivity contribution in [3.05, 3.63) is 52.3 Å². The van der Waals surface area contributed by atoms with Crippen molar-refractivity contribution in [2.75, 3.05) is 24.8 Å². The average molecular weight is 422 g/mol. The smallest absolute Gasteiger partial charge is 0.253 e. The van der Waals surface area contributed by atoms with E-state index in [9.17, 15) is 13.2 Å². The molecule has 152 valence electrons. The predicted molar refractivity (Wildman–Crippen MR) is 113 cm³/mol. The molecular formula is C20H27N3O3S2. The van der Waals surface area contributed by atoms with Crippen LogP contribution in [-0.4, -0.2) is 53.8 Å². The molecule has 1 saturated heterocycles. The van der Waals surface area contributed by atoms with Crippen molar-refractivity contribution in [2.45, 2.75) is 38.6 Å². The maximum atomic E-state index is 12.9. The number of sulfone groups is 1. The van der Waals surface area contributed by atoms with Gasteiger partial charge in [0.1, 0.15) is 0 Å². The number of rotatable bonds is 6. The molecule has 1 aromatic carbocycles. The third-order valence-corrected chi connectivity index (χ3v) is 7.63. The van der Waals surface area contributed by atoms with Gasteiger partial charge in [0.2, 0.25) is 0 Å². The molecule has 0 unspecified atom stereocenters. The molecule has 1 aliphatic heterocycles. The Balaban J connectivity index is 1.78. The highest BCUT2D eigenvalue weighted by atomic mass is 32.2. The molecule has 0 saturated carbocycles. The zero-order valence-electron chi connectivity index (χ0n) is 16.8. The van der Waals surface area contributed by atoms with E-state index >= 15 is 0 Å². The molecule has 3 rings (SSSR count). The average Bonchev–Trinajstić information content (AvgIpc) is 3.15. The Morgan fingerprint density at radius 3 is 2.75 bits per heavy atom. The molecule has 6 nitrogen and oxygen atoms in total. The minimum Gasteiger partial charge on any atom is -0.337 e. The summed E-state index contributed by atoms with van der Waals surface area (Å²) in [5.74, 6) is 1.21. The Hall–Kier alpha value is -1.80. The number of aromatic nitrogens is 2. The molecule has 1 atom stereocenters. The highest BCUT2D eigenvalue weighted by Gasteiger charge is 2.31. The van der Waals surface area contributed by atoms with E-state index in [2.05, 4.69) is 5.10 Å². The Kier molecular flexibility index (Phi) is 6.19. The first-order valence-electron chi connectivity index (χ1n) is 9.30. The number of carbonyl (C=O) groups is 1. The van der Waals surface area contributed by atoms with Gasteiger partial charge in [0.25, 0.3) is 5.91 Å². The molecule has 0 aliphatic carbocycles. The summed E-state index contributed by atoms with van der Waals surface area (Å²) >= 11 is 1.73. The van der Waals surface area contributed by atoms with Crippen molar-refractivity contribution in [3.8, 4) is 0 Å². The number of nitrogens with zero attached hydrogens (tertiary/aromatic N) is 3. The fraction of sp³-hybridized carbons (Fsp3) is 0.500. The van der Waals surface area contributed by atoms with Crippen LogP contribution in [-0.2, 0) is 22.1 Å². The minimum atomic E-state index is -2.97. The van der Waals surface area contributed by atoms with Crippen molar-refractivity contribution >= 4 is 27.5 Å². The number of aryl methyl sites for hydroxylation is 1. The van der Waals surface area contributed by atoms with Crippen LogP contribution >= 0.6 is 11.8 Å². The summed E-state index contributed by atoms with van der Waals surface area (Å²) in [4.78, 5) is 14.6. The van der Waals surface area contributed by atoms with E-state index in [0.717, 1.165) is 28.3 Å². The molecular weight excluding hydrogens is 394 g/mol. The van der Waals surface area contributed by atoms with Gasteiger partial charge in [0, 0.05) is 36.2 Å². The van der Waals surface area contributed by atoms with Crippen molar-refractivity contribution < 1.29 is 13.2 Å². The quantitative estimate of drug-likeness (QED) is 0.717. The van der Waals surface area contributed by atoms with E-state index in [-0.39, 0.29) is 23.5 Å². The highest BCUT2D eigenvalue weighted by Crippen LogP contribution is 2.27. The summed E-state index contributed by atoms with van der Waals surface area (Å²) < 4.78 is 25.5. The summed E-state index contributed by atoms with van der Waals surface area (Å²) in [6.07, 6.45) is 2.64. The van der Waals surface area contributed by atoms with Crippen molar-refractivity contribution in [1.82, 2.24) is 14.7 Å². The van der Waals surface area contributed by atoms with Gasteiger partial charge in [-0.15, -0.1) is 0 Å². The van der Waals surface area contributed by atoms with Crippen LogP contribution < -0.4 is 0 Å². The van der Waals surface area contributed by atoms with Crippen molar-refractivity contribution in [3.63, 3.8) is 0 Å². The monoisotopic (exact) mass is 421 g/mol. The Bertz CT molecular complexity index is 983. The molecule has 2 heterocycles. The van der Waals surface area contributed by atoms with Gasteiger partial charge >= 0.3 is 0 Å². The fourth-order valence-electron chi connectivity index (χ4n) is 3.74. The zero-order valence-corrected chi connectivity index (χ0v) is 18.4. The molecule has 1 aliphatic rings. The van der Waals surface area contributed by atoms with Gasteiger partial charge in [0.15, 0.2) is 9.84 Å². The number of amides is 1. The summed E-state index contributed by atoms with van der Waals surface area (Å²) in [7, 11) is -1.18. The second-order valence-electron chi connectivity index (χ2n) is 7.45. The molecule has 0 radical (unpaired) electrons. The second kappa shape index (κ2) is 8.29. The molecule has 28 heavy (non-hydrogen) atoms. The number of thioether (sulfide) groups is 1. The van der Waals surface area contributed by atoms with Gasteiger partial charge < -0.3 is 4.90 Å². The van der Waals surface area contributed by atoms with Gasteiger partial charge in [-0.05, 0) is 44.2 Å². The lowest BCUT2D eigenvalue weighted by molar-refractivity contribution is 0.0784. The third kappa shape index (κ3) is 4.43. The third-order valence-electron chi connectivity index (χ3n) is 5.26. The zero-order chi connectivity index (χ0) is 20.5. The largest absolute Gasteiger partial charge is 0.337 e. The van der Waals surface area contributed by atoms with E-state index in [0.29, 0.717) is 18.5 Å². The van der Waals surface area contributed by atoms with Crippen LogP contribution in [0.15, 0.2) is 24.3 Å². The lowest BCUT2D eigenvalue weighted by Gasteiger charge is -2.18. The first-order valence-corrected chi connectivity index (χ1v) is 12.5. The number of hydrogen-bond acceptors (Lipinski definition) is 5. The van der Waals surface area contributed by atoms with E-state index in [1.807, 2.05) is 49.1 Å². The molecule has 1 amide bonds. The first kappa shape index (κ1) is 20.9. The van der Waals surface area contributed by atoms with Crippen LogP contribution in [0.5, 0.6) is 0 Å². The van der Waals surface area contributed by atoms with Crippen LogP contribution in [0.3, 0.4) is 0 Å². The van der Waals surface area contributed by atoms with Gasteiger partial charge in [-0.1, -0.05) is 12.1 Å².